The molecule has 20 heavy (non-hydrogen) atoms. The van der Waals surface area contributed by atoms with Crippen LogP contribution in [-0.4, -0.2) is 38.4 Å². The molecule has 7 heteroatoms. The SMILES string of the molecule is Cc1ccc(N2CCOCC2)c(NC(=O)C(F)(F)F)c1. The molecule has 0 saturated carbocycles. The number of carbonyl (C=O) groups excluding carboxylic acids is 1. The van der Waals surface area contributed by atoms with Gasteiger partial charge in [0.05, 0.1) is 24.6 Å². The predicted octanol–water partition coefficient (Wildman–Crippen LogP) is 2.33. The van der Waals surface area contributed by atoms with E-state index < -0.39 is 12.1 Å². The van der Waals surface area contributed by atoms with E-state index in [4.69, 9.17) is 4.74 Å². The van der Waals surface area contributed by atoms with E-state index in [1.54, 1.807) is 19.1 Å². The first kappa shape index (κ1) is 14.6. The van der Waals surface area contributed by atoms with Crippen molar-refractivity contribution >= 4 is 17.3 Å². The van der Waals surface area contributed by atoms with Crippen LogP contribution in [0.5, 0.6) is 0 Å². The molecule has 4 nitrogen and oxygen atoms in total. The molecule has 0 unspecified atom stereocenters. The minimum absolute atomic E-state index is 0.175. The van der Waals surface area contributed by atoms with Crippen molar-refractivity contribution in [2.24, 2.45) is 0 Å². The maximum absolute atomic E-state index is 12.4. The van der Waals surface area contributed by atoms with Gasteiger partial charge in [-0.05, 0) is 24.6 Å². The van der Waals surface area contributed by atoms with Crippen LogP contribution < -0.4 is 10.2 Å². The molecular formula is C13H15F3N2O2. The molecule has 2 rings (SSSR count). The second-order valence-corrected chi connectivity index (χ2v) is 4.57. The van der Waals surface area contributed by atoms with Crippen LogP contribution in [0.2, 0.25) is 0 Å². The number of morpholine rings is 1. The van der Waals surface area contributed by atoms with Crippen molar-refractivity contribution in [3.8, 4) is 0 Å². The lowest BCUT2D eigenvalue weighted by molar-refractivity contribution is -0.167. The number of hydrogen-bond acceptors (Lipinski definition) is 3. The molecule has 0 atom stereocenters. The summed E-state index contributed by atoms with van der Waals surface area (Å²) < 4.78 is 42.3. The van der Waals surface area contributed by atoms with Crippen molar-refractivity contribution in [2.45, 2.75) is 13.1 Å². The molecular weight excluding hydrogens is 273 g/mol. The number of carbonyl (C=O) groups is 1. The molecule has 0 radical (unpaired) electrons. The summed E-state index contributed by atoms with van der Waals surface area (Å²) in [6, 6.07) is 5.05. The van der Waals surface area contributed by atoms with E-state index in [2.05, 4.69) is 0 Å². The molecule has 0 spiro atoms. The van der Waals surface area contributed by atoms with E-state index in [9.17, 15) is 18.0 Å². The highest BCUT2D eigenvalue weighted by molar-refractivity contribution is 5.98. The second kappa shape index (κ2) is 5.70. The maximum atomic E-state index is 12.4. The number of hydrogen-bond donors (Lipinski definition) is 1. The van der Waals surface area contributed by atoms with E-state index >= 15 is 0 Å². The quantitative estimate of drug-likeness (QED) is 0.908. The van der Waals surface area contributed by atoms with E-state index in [0.29, 0.717) is 32.0 Å². The van der Waals surface area contributed by atoms with Crippen molar-refractivity contribution < 1.29 is 22.7 Å². The Morgan fingerprint density at radius 3 is 2.55 bits per heavy atom. The van der Waals surface area contributed by atoms with Gasteiger partial charge in [-0.2, -0.15) is 13.2 Å². The van der Waals surface area contributed by atoms with Crippen LogP contribution in [0.15, 0.2) is 18.2 Å². The highest BCUT2D eigenvalue weighted by Gasteiger charge is 2.39. The van der Waals surface area contributed by atoms with E-state index in [1.807, 2.05) is 10.2 Å². The first-order valence-electron chi connectivity index (χ1n) is 6.19. The van der Waals surface area contributed by atoms with Gasteiger partial charge in [-0.1, -0.05) is 6.07 Å². The van der Waals surface area contributed by atoms with Gasteiger partial charge in [0.15, 0.2) is 0 Å². The number of anilines is 2. The topological polar surface area (TPSA) is 41.6 Å². The lowest BCUT2D eigenvalue weighted by Crippen LogP contribution is -2.37. The average Bonchev–Trinajstić information content (AvgIpc) is 2.39. The number of nitrogens with one attached hydrogen (secondary N) is 1. The fourth-order valence-corrected chi connectivity index (χ4v) is 2.02. The van der Waals surface area contributed by atoms with Crippen LogP contribution in [0.3, 0.4) is 0 Å². The Bertz CT molecular complexity index is 497. The Labute approximate surface area is 114 Å². The molecule has 1 amide bonds. The Morgan fingerprint density at radius 2 is 1.95 bits per heavy atom. The lowest BCUT2D eigenvalue weighted by atomic mass is 10.1. The molecule has 1 fully saturated rings. The van der Waals surface area contributed by atoms with Gasteiger partial charge in [0.25, 0.3) is 0 Å². The first-order chi connectivity index (χ1) is 9.38. The van der Waals surface area contributed by atoms with Gasteiger partial charge in [0, 0.05) is 13.1 Å². The van der Waals surface area contributed by atoms with Gasteiger partial charge in [0.2, 0.25) is 0 Å². The number of rotatable bonds is 2. The molecule has 1 aliphatic heterocycles. The normalized spacial score (nSPS) is 16.1. The monoisotopic (exact) mass is 288 g/mol. The largest absolute Gasteiger partial charge is 0.471 e. The molecule has 1 saturated heterocycles. The van der Waals surface area contributed by atoms with Crippen molar-refractivity contribution in [2.75, 3.05) is 36.5 Å². The van der Waals surface area contributed by atoms with Crippen molar-refractivity contribution in [3.05, 3.63) is 23.8 Å². The molecule has 0 aromatic heterocycles. The molecule has 0 aliphatic carbocycles. The van der Waals surface area contributed by atoms with Gasteiger partial charge in [-0.3, -0.25) is 4.79 Å². The molecule has 1 aromatic carbocycles. The lowest BCUT2D eigenvalue weighted by Gasteiger charge is -2.30. The van der Waals surface area contributed by atoms with E-state index in [0.717, 1.165) is 5.56 Å². The summed E-state index contributed by atoms with van der Waals surface area (Å²) in [7, 11) is 0. The van der Waals surface area contributed by atoms with Crippen molar-refractivity contribution in [1.29, 1.82) is 0 Å². The fraction of sp³-hybridized carbons (Fsp3) is 0.462. The van der Waals surface area contributed by atoms with Crippen molar-refractivity contribution in [1.82, 2.24) is 0 Å². The van der Waals surface area contributed by atoms with Crippen LogP contribution in [0, 0.1) is 6.92 Å². The molecule has 1 N–H and O–H groups in total. The minimum Gasteiger partial charge on any atom is -0.378 e. The summed E-state index contributed by atoms with van der Waals surface area (Å²) in [5.74, 6) is -1.96. The van der Waals surface area contributed by atoms with E-state index in [1.165, 1.54) is 6.07 Å². The molecule has 0 bridgehead atoms. The standard InChI is InChI=1S/C13H15F3N2O2/c1-9-2-3-11(18-4-6-20-7-5-18)10(8-9)17-12(19)13(14,15)16/h2-3,8H,4-7H2,1H3,(H,17,19). The van der Waals surface area contributed by atoms with Gasteiger partial charge in [-0.25, -0.2) is 0 Å². The summed E-state index contributed by atoms with van der Waals surface area (Å²) in [6.45, 7) is 3.95. The summed E-state index contributed by atoms with van der Waals surface area (Å²) in [5.41, 5.74) is 1.53. The zero-order valence-electron chi connectivity index (χ0n) is 11.0. The zero-order chi connectivity index (χ0) is 14.8. The molecule has 1 heterocycles. The van der Waals surface area contributed by atoms with Gasteiger partial charge < -0.3 is 15.0 Å². The zero-order valence-corrected chi connectivity index (χ0v) is 11.0. The average molecular weight is 288 g/mol. The van der Waals surface area contributed by atoms with Crippen LogP contribution >= 0.6 is 0 Å². The summed E-state index contributed by atoms with van der Waals surface area (Å²) in [6.07, 6.45) is -4.90. The van der Waals surface area contributed by atoms with Gasteiger partial charge in [0.1, 0.15) is 0 Å². The highest BCUT2D eigenvalue weighted by Crippen LogP contribution is 2.29. The first-order valence-corrected chi connectivity index (χ1v) is 6.19. The second-order valence-electron chi connectivity index (χ2n) is 4.57. The minimum atomic E-state index is -4.90. The maximum Gasteiger partial charge on any atom is 0.471 e. The predicted molar refractivity (Wildman–Crippen MR) is 68.9 cm³/mol. The Balaban J connectivity index is 2.26. The number of nitrogens with zero attached hydrogens (tertiary/aromatic N) is 1. The number of amides is 1. The Hall–Kier alpha value is -1.76. The third-order valence-corrected chi connectivity index (χ3v) is 3.01. The van der Waals surface area contributed by atoms with Crippen LogP contribution in [-0.2, 0) is 9.53 Å². The van der Waals surface area contributed by atoms with Gasteiger partial charge in [-0.15, -0.1) is 0 Å². The number of aryl methyl sites for hydroxylation is 1. The number of benzene rings is 1. The van der Waals surface area contributed by atoms with Crippen LogP contribution in [0.4, 0.5) is 24.5 Å². The number of ether oxygens (including phenoxy) is 1. The smallest absolute Gasteiger partial charge is 0.378 e. The highest BCUT2D eigenvalue weighted by atomic mass is 19.4. The third-order valence-electron chi connectivity index (χ3n) is 3.01. The Kier molecular flexibility index (Phi) is 4.17. The molecule has 1 aromatic rings. The number of alkyl halides is 3. The number of halogens is 3. The molecule has 1 aliphatic rings. The molecule has 110 valence electrons. The van der Waals surface area contributed by atoms with E-state index in [-0.39, 0.29) is 5.69 Å². The summed E-state index contributed by atoms with van der Waals surface area (Å²) in [5, 5.41) is 1.94. The summed E-state index contributed by atoms with van der Waals surface area (Å²) >= 11 is 0. The fourth-order valence-electron chi connectivity index (χ4n) is 2.02. The van der Waals surface area contributed by atoms with Crippen LogP contribution in [0.1, 0.15) is 5.56 Å². The summed E-state index contributed by atoms with van der Waals surface area (Å²) in [4.78, 5) is 13.0. The van der Waals surface area contributed by atoms with Gasteiger partial charge >= 0.3 is 12.1 Å². The van der Waals surface area contributed by atoms with Crippen molar-refractivity contribution in [3.63, 3.8) is 0 Å². The Morgan fingerprint density at radius 1 is 1.30 bits per heavy atom. The third kappa shape index (κ3) is 3.41. The van der Waals surface area contributed by atoms with Crippen LogP contribution in [0.25, 0.3) is 0 Å².